The number of halogens is 1. The largest absolute Gasteiger partial charge is 0.476 e. The molecule has 0 aliphatic heterocycles. The Morgan fingerprint density at radius 3 is 2.67 bits per heavy atom. The van der Waals surface area contributed by atoms with Crippen LogP contribution in [0.15, 0.2) is 28.8 Å². The highest BCUT2D eigenvalue weighted by Crippen LogP contribution is 2.43. The van der Waals surface area contributed by atoms with Gasteiger partial charge in [0.25, 0.3) is 0 Å². The Kier molecular flexibility index (Phi) is 3.63. The van der Waals surface area contributed by atoms with Crippen LogP contribution in [0.4, 0.5) is 0 Å². The Hall–Kier alpha value is -1.95. The quantitative estimate of drug-likeness (QED) is 0.661. The SMILES string of the molecule is O=C(O)c1noc(C2CC2)c1C(=O)c1ccccc1CBr. The van der Waals surface area contributed by atoms with Crippen molar-refractivity contribution in [2.24, 2.45) is 0 Å². The van der Waals surface area contributed by atoms with E-state index in [9.17, 15) is 14.7 Å². The van der Waals surface area contributed by atoms with Crippen LogP contribution >= 0.6 is 15.9 Å². The summed E-state index contributed by atoms with van der Waals surface area (Å²) < 4.78 is 5.13. The second-order valence-electron chi connectivity index (χ2n) is 4.97. The van der Waals surface area contributed by atoms with Gasteiger partial charge >= 0.3 is 5.97 Å². The zero-order chi connectivity index (χ0) is 15.0. The van der Waals surface area contributed by atoms with Crippen LogP contribution in [0.5, 0.6) is 0 Å². The van der Waals surface area contributed by atoms with E-state index in [1.165, 1.54) is 0 Å². The van der Waals surface area contributed by atoms with Gasteiger partial charge in [0.1, 0.15) is 5.56 Å². The van der Waals surface area contributed by atoms with Gasteiger partial charge in [-0.25, -0.2) is 4.79 Å². The molecule has 1 N–H and O–H groups in total. The first-order valence-electron chi connectivity index (χ1n) is 6.55. The summed E-state index contributed by atoms with van der Waals surface area (Å²) in [7, 11) is 0. The van der Waals surface area contributed by atoms with Gasteiger partial charge in [-0.2, -0.15) is 0 Å². The Bertz CT molecular complexity index is 718. The van der Waals surface area contributed by atoms with Gasteiger partial charge in [0.2, 0.25) is 5.69 Å². The summed E-state index contributed by atoms with van der Waals surface area (Å²) in [5.74, 6) is -1.07. The van der Waals surface area contributed by atoms with Gasteiger partial charge in [-0.3, -0.25) is 4.79 Å². The lowest BCUT2D eigenvalue weighted by atomic mass is 9.96. The van der Waals surface area contributed by atoms with Crippen LogP contribution in [0.25, 0.3) is 0 Å². The topological polar surface area (TPSA) is 80.4 Å². The van der Waals surface area contributed by atoms with Crippen LogP contribution in [0, 0.1) is 0 Å². The normalized spacial score (nSPS) is 14.1. The van der Waals surface area contributed by atoms with Crippen molar-refractivity contribution in [3.05, 3.63) is 52.4 Å². The van der Waals surface area contributed by atoms with Gasteiger partial charge in [0, 0.05) is 16.8 Å². The molecule has 0 amide bonds. The highest BCUT2D eigenvalue weighted by molar-refractivity contribution is 9.08. The van der Waals surface area contributed by atoms with E-state index in [1.807, 2.05) is 12.1 Å². The molecule has 1 aliphatic carbocycles. The second kappa shape index (κ2) is 5.44. The molecule has 6 heteroatoms. The molecule has 1 aliphatic rings. The Labute approximate surface area is 129 Å². The van der Waals surface area contributed by atoms with Crippen LogP contribution in [-0.2, 0) is 5.33 Å². The van der Waals surface area contributed by atoms with Crippen LogP contribution in [0.2, 0.25) is 0 Å². The number of alkyl halides is 1. The standard InChI is InChI=1S/C15H12BrNO4/c16-7-9-3-1-2-4-10(9)13(18)11-12(15(19)20)17-21-14(11)8-5-6-8/h1-4,8H,5-7H2,(H,19,20). The molecule has 0 saturated heterocycles. The zero-order valence-electron chi connectivity index (χ0n) is 11.0. The van der Waals surface area contributed by atoms with E-state index in [2.05, 4.69) is 21.1 Å². The lowest BCUT2D eigenvalue weighted by Crippen LogP contribution is -2.11. The molecule has 2 aromatic rings. The van der Waals surface area contributed by atoms with Crippen molar-refractivity contribution in [1.29, 1.82) is 0 Å². The summed E-state index contributed by atoms with van der Waals surface area (Å²) in [6.07, 6.45) is 1.79. The van der Waals surface area contributed by atoms with Crippen molar-refractivity contribution >= 4 is 27.7 Å². The zero-order valence-corrected chi connectivity index (χ0v) is 12.6. The van der Waals surface area contributed by atoms with Crippen molar-refractivity contribution in [3.8, 4) is 0 Å². The number of carbonyl (C=O) groups excluding carboxylic acids is 1. The summed E-state index contributed by atoms with van der Waals surface area (Å²) in [4.78, 5) is 24.1. The monoisotopic (exact) mass is 349 g/mol. The van der Waals surface area contributed by atoms with E-state index in [4.69, 9.17) is 4.52 Å². The fourth-order valence-electron chi connectivity index (χ4n) is 2.29. The molecular weight excluding hydrogens is 338 g/mol. The average Bonchev–Trinajstić information content (AvgIpc) is 3.24. The van der Waals surface area contributed by atoms with Crippen molar-refractivity contribution < 1.29 is 19.2 Å². The van der Waals surface area contributed by atoms with E-state index in [1.54, 1.807) is 12.1 Å². The van der Waals surface area contributed by atoms with Crippen molar-refractivity contribution in [2.75, 3.05) is 0 Å². The highest BCUT2D eigenvalue weighted by Gasteiger charge is 2.37. The highest BCUT2D eigenvalue weighted by atomic mass is 79.9. The Balaban J connectivity index is 2.12. The minimum absolute atomic E-state index is 0.0957. The number of aromatic nitrogens is 1. The third-order valence-corrected chi connectivity index (χ3v) is 4.11. The van der Waals surface area contributed by atoms with Crippen LogP contribution in [-0.4, -0.2) is 22.0 Å². The third kappa shape index (κ3) is 2.51. The molecule has 1 aromatic carbocycles. The van der Waals surface area contributed by atoms with E-state index in [0.717, 1.165) is 18.4 Å². The molecular formula is C15H12BrNO4. The molecule has 0 unspecified atom stereocenters. The number of benzene rings is 1. The van der Waals surface area contributed by atoms with Crippen molar-refractivity contribution in [3.63, 3.8) is 0 Å². The van der Waals surface area contributed by atoms with E-state index in [-0.39, 0.29) is 23.0 Å². The molecule has 21 heavy (non-hydrogen) atoms. The minimum Gasteiger partial charge on any atom is -0.476 e. The van der Waals surface area contributed by atoms with Gasteiger partial charge in [0.05, 0.1) is 0 Å². The van der Waals surface area contributed by atoms with Crippen LogP contribution < -0.4 is 0 Å². The van der Waals surface area contributed by atoms with Crippen molar-refractivity contribution in [2.45, 2.75) is 24.1 Å². The average molecular weight is 350 g/mol. The number of carboxylic acids is 1. The smallest absolute Gasteiger partial charge is 0.358 e. The number of ketones is 1. The predicted octanol–water partition coefficient (Wildman–Crippen LogP) is 3.38. The van der Waals surface area contributed by atoms with Gasteiger partial charge in [0.15, 0.2) is 11.5 Å². The fraction of sp³-hybridized carbons (Fsp3) is 0.267. The Morgan fingerprint density at radius 1 is 1.33 bits per heavy atom. The molecule has 0 atom stereocenters. The first kappa shape index (κ1) is 14.0. The summed E-state index contributed by atoms with van der Waals surface area (Å²) in [6.45, 7) is 0. The van der Waals surface area contributed by atoms with Gasteiger partial charge in [-0.1, -0.05) is 45.4 Å². The molecule has 1 fully saturated rings. The number of hydrogen-bond donors (Lipinski definition) is 1. The molecule has 1 heterocycles. The number of aromatic carboxylic acids is 1. The first-order chi connectivity index (χ1) is 10.1. The summed E-state index contributed by atoms with van der Waals surface area (Å²) in [5.41, 5.74) is 1.08. The maximum atomic E-state index is 12.8. The van der Waals surface area contributed by atoms with E-state index < -0.39 is 5.97 Å². The summed E-state index contributed by atoms with van der Waals surface area (Å²) in [5, 5.41) is 13.3. The molecule has 0 spiro atoms. The number of carbonyl (C=O) groups is 2. The lowest BCUT2D eigenvalue weighted by molar-refractivity contribution is 0.0682. The molecule has 108 valence electrons. The first-order valence-corrected chi connectivity index (χ1v) is 7.67. The molecule has 5 nitrogen and oxygen atoms in total. The van der Waals surface area contributed by atoms with Crippen molar-refractivity contribution in [1.82, 2.24) is 5.16 Å². The number of carboxylic acid groups (broad SMARTS) is 1. The minimum atomic E-state index is -1.25. The van der Waals surface area contributed by atoms with Gasteiger partial charge in [-0.05, 0) is 18.4 Å². The molecule has 0 bridgehead atoms. The molecule has 3 rings (SSSR count). The lowest BCUT2D eigenvalue weighted by Gasteiger charge is -2.06. The third-order valence-electron chi connectivity index (χ3n) is 3.50. The molecule has 1 aromatic heterocycles. The van der Waals surface area contributed by atoms with E-state index in [0.29, 0.717) is 16.7 Å². The van der Waals surface area contributed by atoms with Crippen LogP contribution in [0.1, 0.15) is 56.5 Å². The number of rotatable bonds is 5. The maximum Gasteiger partial charge on any atom is 0.358 e. The van der Waals surface area contributed by atoms with Gasteiger partial charge < -0.3 is 9.63 Å². The summed E-state index contributed by atoms with van der Waals surface area (Å²) >= 11 is 3.34. The van der Waals surface area contributed by atoms with E-state index >= 15 is 0 Å². The second-order valence-corrected chi connectivity index (χ2v) is 5.53. The predicted molar refractivity (Wildman–Crippen MR) is 77.9 cm³/mol. The molecule has 0 radical (unpaired) electrons. The summed E-state index contributed by atoms with van der Waals surface area (Å²) in [6, 6.07) is 7.10. The van der Waals surface area contributed by atoms with Gasteiger partial charge in [-0.15, -0.1) is 0 Å². The Morgan fingerprint density at radius 2 is 2.05 bits per heavy atom. The number of hydrogen-bond acceptors (Lipinski definition) is 4. The maximum absolute atomic E-state index is 12.8. The fourth-order valence-corrected chi connectivity index (χ4v) is 2.77. The number of nitrogens with zero attached hydrogens (tertiary/aromatic N) is 1. The van der Waals surface area contributed by atoms with Crippen LogP contribution in [0.3, 0.4) is 0 Å². The molecule has 1 saturated carbocycles.